The number of fused-ring (bicyclic) bond motifs is 1. The average Bonchev–Trinajstić information content (AvgIpc) is 2.69. The van der Waals surface area contributed by atoms with Gasteiger partial charge in [0.15, 0.2) is 6.10 Å². The van der Waals surface area contributed by atoms with Crippen molar-refractivity contribution < 1.29 is 18.7 Å². The van der Waals surface area contributed by atoms with E-state index in [1.807, 2.05) is 13.8 Å². The van der Waals surface area contributed by atoms with E-state index in [1.165, 1.54) is 19.1 Å². The van der Waals surface area contributed by atoms with Crippen molar-refractivity contribution in [3.63, 3.8) is 0 Å². The fourth-order valence-corrected chi connectivity index (χ4v) is 2.76. The van der Waals surface area contributed by atoms with Crippen LogP contribution in [0.5, 0.6) is 0 Å². The number of rotatable bonds is 6. The molecule has 150 valence electrons. The molecule has 1 atom stereocenters. The van der Waals surface area contributed by atoms with Gasteiger partial charge in [-0.25, -0.2) is 19.2 Å². The number of ether oxygens (including phenoxy) is 1. The summed E-state index contributed by atoms with van der Waals surface area (Å²) in [5.41, 5.74) is 4.12. The van der Waals surface area contributed by atoms with Crippen LogP contribution < -0.4 is 5.32 Å². The van der Waals surface area contributed by atoms with Gasteiger partial charge in [0.1, 0.15) is 5.82 Å². The molecule has 0 aliphatic rings. The maximum absolute atomic E-state index is 12.9. The molecular weight excluding hydrogens is 373 g/mol. The van der Waals surface area contributed by atoms with Gasteiger partial charge >= 0.3 is 5.97 Å². The molecule has 29 heavy (non-hydrogen) atoms. The maximum Gasteiger partial charge on any atom is 0.338 e. The zero-order valence-corrected chi connectivity index (χ0v) is 16.5. The van der Waals surface area contributed by atoms with Gasteiger partial charge in [0, 0.05) is 6.54 Å². The van der Waals surface area contributed by atoms with Crippen molar-refractivity contribution in [1.29, 1.82) is 0 Å². The molecule has 6 nitrogen and oxygen atoms in total. The number of aromatic nitrogens is 2. The molecule has 1 N–H and O–H groups in total. The number of carbonyl (C=O) groups is 2. The SMILES string of the molecule is Cc1nc2ccc(C(=O)O[C@@H](C)C(=O)NCCc3ccc(F)cc3)cc2nc1C. The van der Waals surface area contributed by atoms with Gasteiger partial charge in [0.25, 0.3) is 5.91 Å². The molecule has 1 amide bonds. The van der Waals surface area contributed by atoms with Gasteiger partial charge in [0.05, 0.1) is 28.0 Å². The second kappa shape index (κ2) is 8.77. The summed E-state index contributed by atoms with van der Waals surface area (Å²) in [6, 6.07) is 11.0. The number of hydrogen-bond donors (Lipinski definition) is 1. The molecule has 0 aliphatic carbocycles. The third-order valence-electron chi connectivity index (χ3n) is 4.59. The van der Waals surface area contributed by atoms with Crippen LogP contribution in [0, 0.1) is 19.7 Å². The minimum absolute atomic E-state index is 0.303. The van der Waals surface area contributed by atoms with E-state index >= 15 is 0 Å². The van der Waals surface area contributed by atoms with Crippen molar-refractivity contribution in [2.75, 3.05) is 6.54 Å². The smallest absolute Gasteiger partial charge is 0.338 e. The lowest BCUT2D eigenvalue weighted by atomic mass is 10.1. The maximum atomic E-state index is 12.9. The van der Waals surface area contributed by atoms with Crippen LogP contribution in [0.4, 0.5) is 4.39 Å². The quantitative estimate of drug-likeness (QED) is 0.648. The topological polar surface area (TPSA) is 81.2 Å². The van der Waals surface area contributed by atoms with Crippen LogP contribution in [0.15, 0.2) is 42.5 Å². The standard InChI is InChI=1S/C22H22FN3O3/c1-13-14(2)26-20-12-17(6-9-19(20)25-13)22(28)29-15(3)21(27)24-11-10-16-4-7-18(23)8-5-16/h4-9,12,15H,10-11H2,1-3H3,(H,24,27)/t15-/m0/s1. The minimum Gasteiger partial charge on any atom is -0.449 e. The van der Waals surface area contributed by atoms with E-state index in [0.717, 1.165) is 17.0 Å². The van der Waals surface area contributed by atoms with Crippen LogP contribution in [0.25, 0.3) is 11.0 Å². The number of esters is 1. The summed E-state index contributed by atoms with van der Waals surface area (Å²) in [7, 11) is 0. The lowest BCUT2D eigenvalue weighted by Crippen LogP contribution is -2.36. The molecule has 3 rings (SSSR count). The van der Waals surface area contributed by atoms with E-state index in [4.69, 9.17) is 4.74 Å². The van der Waals surface area contributed by atoms with Crippen molar-refractivity contribution in [1.82, 2.24) is 15.3 Å². The summed E-state index contributed by atoms with van der Waals surface area (Å²) in [6.07, 6.45) is -0.397. The fraction of sp³-hybridized carbons (Fsp3) is 0.273. The number of nitrogens with one attached hydrogen (secondary N) is 1. The summed E-state index contributed by atoms with van der Waals surface area (Å²) in [5, 5.41) is 2.71. The van der Waals surface area contributed by atoms with Crippen LogP contribution in [-0.2, 0) is 16.0 Å². The highest BCUT2D eigenvalue weighted by molar-refractivity contribution is 5.95. The Kier molecular flexibility index (Phi) is 6.16. The third kappa shape index (κ3) is 5.13. The zero-order chi connectivity index (χ0) is 21.0. The number of amides is 1. The van der Waals surface area contributed by atoms with Gasteiger partial charge in [0.2, 0.25) is 0 Å². The number of benzene rings is 2. The van der Waals surface area contributed by atoms with Crippen molar-refractivity contribution in [3.8, 4) is 0 Å². The molecule has 1 aromatic heterocycles. The predicted octanol–water partition coefficient (Wildman–Crippen LogP) is 3.29. The third-order valence-corrected chi connectivity index (χ3v) is 4.59. The molecular formula is C22H22FN3O3. The first kappa shape index (κ1) is 20.4. The van der Waals surface area contributed by atoms with Crippen LogP contribution in [-0.4, -0.2) is 34.5 Å². The molecule has 0 saturated heterocycles. The van der Waals surface area contributed by atoms with Crippen molar-refractivity contribution in [3.05, 3.63) is 70.8 Å². The first-order valence-corrected chi connectivity index (χ1v) is 9.31. The van der Waals surface area contributed by atoms with Gasteiger partial charge in [-0.3, -0.25) is 4.79 Å². The molecule has 1 heterocycles. The Morgan fingerprint density at radius 3 is 2.38 bits per heavy atom. The molecule has 0 aliphatic heterocycles. The number of nitrogens with zero attached hydrogens (tertiary/aromatic N) is 2. The van der Waals surface area contributed by atoms with Gasteiger partial charge in [-0.15, -0.1) is 0 Å². The van der Waals surface area contributed by atoms with Gasteiger partial charge in [-0.1, -0.05) is 12.1 Å². The number of aryl methyl sites for hydroxylation is 2. The van der Waals surface area contributed by atoms with E-state index in [9.17, 15) is 14.0 Å². The van der Waals surface area contributed by atoms with Crippen LogP contribution >= 0.6 is 0 Å². The Labute approximate surface area is 168 Å². The number of halogens is 1. The first-order chi connectivity index (χ1) is 13.8. The molecule has 0 unspecified atom stereocenters. The van der Waals surface area contributed by atoms with Crippen molar-refractivity contribution >= 4 is 22.9 Å². The second-order valence-corrected chi connectivity index (χ2v) is 6.81. The van der Waals surface area contributed by atoms with E-state index < -0.39 is 18.0 Å². The predicted molar refractivity (Wildman–Crippen MR) is 107 cm³/mol. The monoisotopic (exact) mass is 395 g/mol. The van der Waals surface area contributed by atoms with E-state index in [-0.39, 0.29) is 5.82 Å². The minimum atomic E-state index is -0.947. The lowest BCUT2D eigenvalue weighted by molar-refractivity contribution is -0.129. The first-order valence-electron chi connectivity index (χ1n) is 9.31. The normalized spacial score (nSPS) is 11.9. The van der Waals surface area contributed by atoms with Crippen LogP contribution in [0.1, 0.15) is 34.2 Å². The molecule has 0 radical (unpaired) electrons. The lowest BCUT2D eigenvalue weighted by Gasteiger charge is -2.14. The molecule has 0 spiro atoms. The highest BCUT2D eigenvalue weighted by Crippen LogP contribution is 2.15. The van der Waals surface area contributed by atoms with Crippen LogP contribution in [0.3, 0.4) is 0 Å². The number of carbonyl (C=O) groups excluding carboxylic acids is 2. The molecule has 2 aromatic carbocycles. The summed E-state index contributed by atoms with van der Waals surface area (Å²) in [5.74, 6) is -1.30. The molecule has 0 saturated carbocycles. The second-order valence-electron chi connectivity index (χ2n) is 6.81. The highest BCUT2D eigenvalue weighted by Gasteiger charge is 2.19. The van der Waals surface area contributed by atoms with E-state index in [0.29, 0.717) is 29.6 Å². The molecule has 7 heteroatoms. The largest absolute Gasteiger partial charge is 0.449 e. The average molecular weight is 395 g/mol. The van der Waals surface area contributed by atoms with Crippen molar-refractivity contribution in [2.24, 2.45) is 0 Å². The summed E-state index contributed by atoms with van der Waals surface area (Å²) < 4.78 is 18.2. The van der Waals surface area contributed by atoms with E-state index in [2.05, 4.69) is 15.3 Å². The summed E-state index contributed by atoms with van der Waals surface area (Å²) >= 11 is 0. The Bertz CT molecular complexity index is 1050. The number of hydrogen-bond acceptors (Lipinski definition) is 5. The highest BCUT2D eigenvalue weighted by atomic mass is 19.1. The van der Waals surface area contributed by atoms with E-state index in [1.54, 1.807) is 30.3 Å². The molecule has 3 aromatic rings. The Morgan fingerprint density at radius 2 is 1.69 bits per heavy atom. The summed E-state index contributed by atoms with van der Waals surface area (Å²) in [6.45, 7) is 5.60. The fourth-order valence-electron chi connectivity index (χ4n) is 2.76. The summed E-state index contributed by atoms with van der Waals surface area (Å²) in [4.78, 5) is 33.4. The Balaban J connectivity index is 1.56. The van der Waals surface area contributed by atoms with Crippen molar-refractivity contribution in [2.45, 2.75) is 33.3 Å². The molecule has 0 bridgehead atoms. The zero-order valence-electron chi connectivity index (χ0n) is 16.5. The van der Waals surface area contributed by atoms with Gasteiger partial charge in [-0.05, 0) is 63.1 Å². The van der Waals surface area contributed by atoms with Crippen LogP contribution in [0.2, 0.25) is 0 Å². The van der Waals surface area contributed by atoms with Gasteiger partial charge in [-0.2, -0.15) is 0 Å². The van der Waals surface area contributed by atoms with Gasteiger partial charge < -0.3 is 10.1 Å². The Hall–Kier alpha value is -3.35. The Morgan fingerprint density at radius 1 is 1.03 bits per heavy atom. The molecule has 0 fully saturated rings.